The maximum Gasteiger partial charge on any atom is 0.416 e. The van der Waals surface area contributed by atoms with Crippen LogP contribution in [0.5, 0.6) is 0 Å². The molecule has 0 aromatic heterocycles. The number of hydrogen-bond acceptors (Lipinski definition) is 3. The molecule has 0 aliphatic carbocycles. The van der Waals surface area contributed by atoms with Crippen molar-refractivity contribution in [2.75, 3.05) is 6.54 Å². The van der Waals surface area contributed by atoms with Crippen molar-refractivity contribution < 1.29 is 27.5 Å². The van der Waals surface area contributed by atoms with Gasteiger partial charge in [-0.25, -0.2) is 4.79 Å². The van der Waals surface area contributed by atoms with Gasteiger partial charge in [-0.05, 0) is 12.0 Å². The number of amides is 1. The van der Waals surface area contributed by atoms with E-state index in [1.165, 1.54) is 12.1 Å². The number of ketones is 1. The monoisotopic (exact) mass is 421 g/mol. The molecule has 0 bridgehead atoms. The van der Waals surface area contributed by atoms with Crippen molar-refractivity contribution in [1.29, 1.82) is 0 Å². The lowest BCUT2D eigenvalue weighted by Gasteiger charge is -2.34. The third kappa shape index (κ3) is 7.54. The van der Waals surface area contributed by atoms with Crippen LogP contribution in [0.15, 0.2) is 60.7 Å². The van der Waals surface area contributed by atoms with E-state index < -0.39 is 11.7 Å². The average Bonchev–Trinajstić information content (AvgIpc) is 2.74. The lowest BCUT2D eigenvalue weighted by Crippen LogP contribution is -2.46. The molecule has 2 aromatic carbocycles. The summed E-state index contributed by atoms with van der Waals surface area (Å²) in [5, 5.41) is 0. The van der Waals surface area contributed by atoms with E-state index in [1.807, 2.05) is 30.3 Å². The standard InChI is InChI=1S/C16H21NO3.C7H5F3/c1-2-6-14-11-15(18)9-10-17(14)16(19)20-12-13-7-4-3-5-8-13;8-7(9,10)6-4-2-1-3-5-6/h3-5,7-8,14H,2,6,9-12H2,1H3;1-5H. The number of likely N-dealkylation sites (tertiary alicyclic amines) is 1. The summed E-state index contributed by atoms with van der Waals surface area (Å²) in [6.45, 7) is 2.83. The minimum Gasteiger partial charge on any atom is -0.445 e. The van der Waals surface area contributed by atoms with Gasteiger partial charge in [0.2, 0.25) is 0 Å². The molecule has 0 saturated carbocycles. The van der Waals surface area contributed by atoms with Gasteiger partial charge in [0, 0.05) is 25.4 Å². The number of halogens is 3. The number of carbonyl (C=O) groups is 2. The Balaban J connectivity index is 0.000000269. The first-order valence-electron chi connectivity index (χ1n) is 9.92. The number of carbonyl (C=O) groups excluding carboxylic acids is 2. The summed E-state index contributed by atoms with van der Waals surface area (Å²) in [5.41, 5.74) is 0.371. The molecule has 1 saturated heterocycles. The van der Waals surface area contributed by atoms with Crippen molar-refractivity contribution >= 4 is 11.9 Å². The number of Topliss-reactive ketones (excluding diaryl/α,β-unsaturated/α-hetero) is 1. The molecule has 1 fully saturated rings. The second kappa shape index (κ2) is 11.4. The molecule has 30 heavy (non-hydrogen) atoms. The third-order valence-corrected chi connectivity index (χ3v) is 4.70. The van der Waals surface area contributed by atoms with Gasteiger partial charge in [-0.2, -0.15) is 13.2 Å². The number of alkyl halides is 3. The Kier molecular flexibility index (Phi) is 8.89. The minimum atomic E-state index is -4.21. The van der Waals surface area contributed by atoms with E-state index in [0.717, 1.165) is 30.5 Å². The lowest BCUT2D eigenvalue weighted by atomic mass is 9.98. The van der Waals surface area contributed by atoms with Crippen LogP contribution < -0.4 is 0 Å². The highest BCUT2D eigenvalue weighted by Crippen LogP contribution is 2.28. The Bertz CT molecular complexity index is 794. The molecule has 3 rings (SSSR count). The quantitative estimate of drug-likeness (QED) is 0.621. The van der Waals surface area contributed by atoms with Crippen LogP contribution in [0.4, 0.5) is 18.0 Å². The first-order valence-corrected chi connectivity index (χ1v) is 9.92. The van der Waals surface area contributed by atoms with Crippen LogP contribution in [-0.2, 0) is 22.3 Å². The van der Waals surface area contributed by atoms with Crippen molar-refractivity contribution in [2.45, 2.75) is 51.4 Å². The van der Waals surface area contributed by atoms with Crippen molar-refractivity contribution in [3.05, 3.63) is 71.8 Å². The van der Waals surface area contributed by atoms with Crippen LogP contribution in [0, 0.1) is 0 Å². The molecule has 0 radical (unpaired) electrons. The van der Waals surface area contributed by atoms with E-state index in [2.05, 4.69) is 6.92 Å². The number of piperidine rings is 1. The fourth-order valence-electron chi connectivity index (χ4n) is 3.16. The van der Waals surface area contributed by atoms with E-state index >= 15 is 0 Å². The van der Waals surface area contributed by atoms with Gasteiger partial charge in [0.1, 0.15) is 12.4 Å². The van der Waals surface area contributed by atoms with E-state index in [4.69, 9.17) is 4.74 Å². The normalized spacial score (nSPS) is 16.5. The molecule has 1 unspecified atom stereocenters. The first-order chi connectivity index (χ1) is 14.3. The van der Waals surface area contributed by atoms with Crippen molar-refractivity contribution in [3.8, 4) is 0 Å². The number of nitrogens with zero attached hydrogens (tertiary/aromatic N) is 1. The topological polar surface area (TPSA) is 46.6 Å². The molecule has 162 valence electrons. The molecule has 1 atom stereocenters. The molecule has 1 heterocycles. The SMILES string of the molecule is CCCC1CC(=O)CCN1C(=O)OCc1ccccc1.FC(F)(F)c1ccccc1. The lowest BCUT2D eigenvalue weighted by molar-refractivity contribution is -0.137. The molecule has 0 spiro atoms. The number of hydrogen-bond donors (Lipinski definition) is 0. The Morgan fingerprint density at radius 3 is 2.20 bits per heavy atom. The first kappa shape index (κ1) is 23.4. The predicted molar refractivity (Wildman–Crippen MR) is 108 cm³/mol. The summed E-state index contributed by atoms with van der Waals surface area (Å²) in [6, 6.07) is 16.0. The Morgan fingerprint density at radius 1 is 1.07 bits per heavy atom. The average molecular weight is 421 g/mol. The molecule has 1 aliphatic rings. The number of ether oxygens (including phenoxy) is 1. The minimum absolute atomic E-state index is 0.00419. The van der Waals surface area contributed by atoms with Crippen LogP contribution >= 0.6 is 0 Å². The highest BCUT2D eigenvalue weighted by molar-refractivity contribution is 5.82. The maximum atomic E-state index is 12.2. The van der Waals surface area contributed by atoms with Gasteiger partial charge in [-0.1, -0.05) is 74.0 Å². The molecule has 7 heteroatoms. The summed E-state index contributed by atoms with van der Waals surface area (Å²) in [5.74, 6) is 0.246. The summed E-state index contributed by atoms with van der Waals surface area (Å²) < 4.78 is 40.7. The third-order valence-electron chi connectivity index (χ3n) is 4.70. The number of rotatable bonds is 4. The van der Waals surface area contributed by atoms with Crippen molar-refractivity contribution in [1.82, 2.24) is 4.90 Å². The van der Waals surface area contributed by atoms with Crippen LogP contribution in [0.1, 0.15) is 43.7 Å². The highest BCUT2D eigenvalue weighted by Gasteiger charge is 2.31. The summed E-state index contributed by atoms with van der Waals surface area (Å²) >= 11 is 0. The number of benzene rings is 2. The maximum absolute atomic E-state index is 12.2. The smallest absolute Gasteiger partial charge is 0.416 e. The van der Waals surface area contributed by atoms with Crippen LogP contribution in [0.25, 0.3) is 0 Å². The zero-order valence-electron chi connectivity index (χ0n) is 16.9. The Hall–Kier alpha value is -2.83. The molecular weight excluding hydrogens is 395 g/mol. The predicted octanol–water partition coefficient (Wildman–Crippen LogP) is 5.86. The van der Waals surface area contributed by atoms with E-state index in [0.29, 0.717) is 19.4 Å². The zero-order valence-corrected chi connectivity index (χ0v) is 16.9. The van der Waals surface area contributed by atoms with Gasteiger partial charge in [0.15, 0.2) is 0 Å². The molecule has 1 aliphatic heterocycles. The largest absolute Gasteiger partial charge is 0.445 e. The Morgan fingerprint density at radius 2 is 1.67 bits per heavy atom. The fraction of sp³-hybridized carbons (Fsp3) is 0.391. The highest BCUT2D eigenvalue weighted by atomic mass is 19.4. The molecule has 4 nitrogen and oxygen atoms in total. The summed E-state index contributed by atoms with van der Waals surface area (Å²) in [6.07, 6.45) is -1.79. The molecular formula is C23H26F3NO3. The van der Waals surface area contributed by atoms with Crippen molar-refractivity contribution in [3.63, 3.8) is 0 Å². The van der Waals surface area contributed by atoms with E-state index in [-0.39, 0.29) is 24.5 Å². The van der Waals surface area contributed by atoms with Gasteiger partial charge in [-0.3, -0.25) is 4.79 Å². The fourth-order valence-corrected chi connectivity index (χ4v) is 3.16. The second-order valence-electron chi connectivity index (χ2n) is 7.03. The van der Waals surface area contributed by atoms with Crippen LogP contribution in [0.3, 0.4) is 0 Å². The second-order valence-corrected chi connectivity index (χ2v) is 7.03. The molecule has 1 amide bonds. The van der Waals surface area contributed by atoms with E-state index in [1.54, 1.807) is 11.0 Å². The van der Waals surface area contributed by atoms with Gasteiger partial charge < -0.3 is 9.64 Å². The summed E-state index contributed by atoms with van der Waals surface area (Å²) in [4.78, 5) is 25.4. The van der Waals surface area contributed by atoms with E-state index in [9.17, 15) is 22.8 Å². The van der Waals surface area contributed by atoms with Gasteiger partial charge in [-0.15, -0.1) is 0 Å². The van der Waals surface area contributed by atoms with Crippen LogP contribution in [-0.4, -0.2) is 29.4 Å². The van der Waals surface area contributed by atoms with Gasteiger partial charge >= 0.3 is 12.3 Å². The van der Waals surface area contributed by atoms with Crippen LogP contribution in [0.2, 0.25) is 0 Å². The molecule has 0 N–H and O–H groups in total. The summed E-state index contributed by atoms with van der Waals surface area (Å²) in [7, 11) is 0. The van der Waals surface area contributed by atoms with Gasteiger partial charge in [0.05, 0.1) is 5.56 Å². The van der Waals surface area contributed by atoms with Crippen molar-refractivity contribution in [2.24, 2.45) is 0 Å². The van der Waals surface area contributed by atoms with Gasteiger partial charge in [0.25, 0.3) is 0 Å². The molecule has 2 aromatic rings. The Labute approximate surface area is 174 Å². The zero-order chi connectivity index (χ0) is 22.0.